The molecule has 1 unspecified atom stereocenters. The van der Waals surface area contributed by atoms with Crippen LogP contribution < -0.4 is 10.1 Å². The summed E-state index contributed by atoms with van der Waals surface area (Å²) in [5.41, 5.74) is 2.06. The van der Waals surface area contributed by atoms with Crippen molar-refractivity contribution in [3.63, 3.8) is 0 Å². The number of hydrogen-bond donors (Lipinski definition) is 1. The van der Waals surface area contributed by atoms with E-state index in [4.69, 9.17) is 9.47 Å². The van der Waals surface area contributed by atoms with Gasteiger partial charge in [0.05, 0.1) is 6.61 Å². The Labute approximate surface area is 153 Å². The number of hydrogen-bond acceptors (Lipinski definition) is 3. The van der Waals surface area contributed by atoms with Crippen LogP contribution >= 0.6 is 0 Å². The topological polar surface area (TPSA) is 47.6 Å². The van der Waals surface area contributed by atoms with Crippen molar-refractivity contribution < 1.29 is 14.3 Å². The molecule has 0 saturated heterocycles. The molecule has 1 N–H and O–H groups in total. The second-order valence-electron chi connectivity index (χ2n) is 6.86. The van der Waals surface area contributed by atoms with Gasteiger partial charge in [0.25, 0.3) is 5.91 Å². The van der Waals surface area contributed by atoms with Gasteiger partial charge in [0.15, 0.2) is 0 Å². The summed E-state index contributed by atoms with van der Waals surface area (Å²) in [5.74, 6) is 0.827. The summed E-state index contributed by atoms with van der Waals surface area (Å²) in [4.78, 5) is 12.9. The first-order valence-electron chi connectivity index (χ1n) is 9.57. The van der Waals surface area contributed by atoms with E-state index in [0.29, 0.717) is 13.2 Å². The standard InChI is InChI=1S/C21H35NO3/c1-7-10-11-12-21(6,25-13-8-2)20(23)22-18-14-16(4)19(24-9-3)17(5)15-18/h14-15H,7-13H2,1-6H3,(H,22,23). The smallest absolute Gasteiger partial charge is 0.256 e. The predicted molar refractivity (Wildman–Crippen MR) is 105 cm³/mol. The number of nitrogens with one attached hydrogen (secondary N) is 1. The zero-order chi connectivity index (χ0) is 18.9. The molecule has 0 saturated carbocycles. The Balaban J connectivity index is 2.91. The van der Waals surface area contributed by atoms with Crippen molar-refractivity contribution in [2.45, 2.75) is 79.2 Å². The number of anilines is 1. The SMILES string of the molecule is CCCCCC(C)(OCCC)C(=O)Nc1cc(C)c(OCC)c(C)c1. The van der Waals surface area contributed by atoms with Crippen LogP contribution in [0.1, 0.15) is 70.9 Å². The molecule has 1 aromatic rings. The minimum absolute atomic E-state index is 0.0694. The van der Waals surface area contributed by atoms with Gasteiger partial charge in [-0.15, -0.1) is 0 Å². The van der Waals surface area contributed by atoms with Crippen molar-refractivity contribution in [1.29, 1.82) is 0 Å². The fourth-order valence-corrected chi connectivity index (χ4v) is 2.95. The zero-order valence-electron chi connectivity index (χ0n) is 16.8. The lowest BCUT2D eigenvalue weighted by Crippen LogP contribution is -2.43. The minimum atomic E-state index is -0.786. The number of carbonyl (C=O) groups excluding carboxylic acids is 1. The molecule has 0 aromatic heterocycles. The summed E-state index contributed by atoms with van der Waals surface area (Å²) in [6.45, 7) is 13.3. The number of amides is 1. The molecule has 142 valence electrons. The summed E-state index contributed by atoms with van der Waals surface area (Å²) < 4.78 is 11.6. The third-order valence-corrected chi connectivity index (χ3v) is 4.37. The van der Waals surface area contributed by atoms with Gasteiger partial charge in [0, 0.05) is 12.3 Å². The average Bonchev–Trinajstić information content (AvgIpc) is 2.56. The van der Waals surface area contributed by atoms with Gasteiger partial charge < -0.3 is 14.8 Å². The number of carbonyl (C=O) groups is 1. The Hall–Kier alpha value is -1.55. The Kier molecular flexibility index (Phi) is 8.98. The van der Waals surface area contributed by atoms with Crippen molar-refractivity contribution in [2.24, 2.45) is 0 Å². The highest BCUT2D eigenvalue weighted by Crippen LogP contribution is 2.29. The van der Waals surface area contributed by atoms with E-state index in [9.17, 15) is 4.79 Å². The molecule has 0 bridgehead atoms. The third kappa shape index (κ3) is 6.35. The van der Waals surface area contributed by atoms with E-state index in [2.05, 4.69) is 19.2 Å². The van der Waals surface area contributed by atoms with Crippen LogP contribution in [-0.2, 0) is 9.53 Å². The van der Waals surface area contributed by atoms with Gasteiger partial charge in [-0.2, -0.15) is 0 Å². The first kappa shape index (κ1) is 21.5. The van der Waals surface area contributed by atoms with Crippen LogP contribution in [0.5, 0.6) is 5.75 Å². The fraction of sp³-hybridized carbons (Fsp3) is 0.667. The summed E-state index contributed by atoms with van der Waals surface area (Å²) in [7, 11) is 0. The molecule has 0 spiro atoms. The Morgan fingerprint density at radius 3 is 2.24 bits per heavy atom. The lowest BCUT2D eigenvalue weighted by Gasteiger charge is -2.29. The minimum Gasteiger partial charge on any atom is -0.493 e. The molecule has 0 aliphatic rings. The molecular formula is C21H35NO3. The number of ether oxygens (including phenoxy) is 2. The molecule has 1 atom stereocenters. The van der Waals surface area contributed by atoms with E-state index in [1.54, 1.807) is 0 Å². The van der Waals surface area contributed by atoms with Gasteiger partial charge in [-0.05, 0) is 63.8 Å². The molecule has 0 fully saturated rings. The lowest BCUT2D eigenvalue weighted by molar-refractivity contribution is -0.140. The molecule has 1 rings (SSSR count). The van der Waals surface area contributed by atoms with E-state index in [1.807, 2.05) is 39.8 Å². The van der Waals surface area contributed by atoms with Crippen LogP contribution in [0.15, 0.2) is 12.1 Å². The van der Waals surface area contributed by atoms with E-state index in [-0.39, 0.29) is 5.91 Å². The van der Waals surface area contributed by atoms with Crippen LogP contribution in [0.25, 0.3) is 0 Å². The monoisotopic (exact) mass is 349 g/mol. The summed E-state index contributed by atoms with van der Waals surface area (Å²) >= 11 is 0. The molecule has 0 aliphatic heterocycles. The van der Waals surface area contributed by atoms with Crippen LogP contribution in [-0.4, -0.2) is 24.7 Å². The molecular weight excluding hydrogens is 314 g/mol. The quantitative estimate of drug-likeness (QED) is 0.544. The van der Waals surface area contributed by atoms with Crippen LogP contribution in [0, 0.1) is 13.8 Å². The fourth-order valence-electron chi connectivity index (χ4n) is 2.95. The number of benzene rings is 1. The van der Waals surface area contributed by atoms with Crippen LogP contribution in [0.3, 0.4) is 0 Å². The lowest BCUT2D eigenvalue weighted by atomic mass is 9.96. The summed E-state index contributed by atoms with van der Waals surface area (Å²) in [6.07, 6.45) is 4.87. The molecule has 1 aromatic carbocycles. The molecule has 0 radical (unpaired) electrons. The Morgan fingerprint density at radius 1 is 1.08 bits per heavy atom. The van der Waals surface area contributed by atoms with Crippen molar-refractivity contribution >= 4 is 11.6 Å². The zero-order valence-corrected chi connectivity index (χ0v) is 16.8. The highest BCUT2D eigenvalue weighted by atomic mass is 16.5. The first-order chi connectivity index (χ1) is 11.9. The van der Waals surface area contributed by atoms with Gasteiger partial charge in [-0.1, -0.05) is 33.1 Å². The van der Waals surface area contributed by atoms with Crippen molar-refractivity contribution in [3.8, 4) is 5.75 Å². The molecule has 1 amide bonds. The average molecular weight is 350 g/mol. The number of unbranched alkanes of at least 4 members (excludes halogenated alkanes) is 2. The maximum absolute atomic E-state index is 12.9. The molecule has 25 heavy (non-hydrogen) atoms. The van der Waals surface area contributed by atoms with E-state index >= 15 is 0 Å². The van der Waals surface area contributed by atoms with Gasteiger partial charge in [-0.3, -0.25) is 4.79 Å². The predicted octanol–water partition coefficient (Wildman–Crippen LogP) is 5.41. The van der Waals surface area contributed by atoms with Gasteiger partial charge in [0.1, 0.15) is 11.4 Å². The van der Waals surface area contributed by atoms with Crippen LogP contribution in [0.2, 0.25) is 0 Å². The maximum Gasteiger partial charge on any atom is 0.256 e. The molecule has 4 nitrogen and oxygen atoms in total. The van der Waals surface area contributed by atoms with E-state index in [0.717, 1.165) is 54.7 Å². The van der Waals surface area contributed by atoms with Crippen molar-refractivity contribution in [1.82, 2.24) is 0 Å². The highest BCUT2D eigenvalue weighted by molar-refractivity contribution is 5.97. The van der Waals surface area contributed by atoms with Gasteiger partial charge in [-0.25, -0.2) is 0 Å². The first-order valence-corrected chi connectivity index (χ1v) is 9.57. The van der Waals surface area contributed by atoms with Gasteiger partial charge >= 0.3 is 0 Å². The summed E-state index contributed by atoms with van der Waals surface area (Å²) in [5, 5.41) is 3.05. The van der Waals surface area contributed by atoms with Crippen LogP contribution in [0.4, 0.5) is 5.69 Å². The van der Waals surface area contributed by atoms with Gasteiger partial charge in [0.2, 0.25) is 0 Å². The van der Waals surface area contributed by atoms with Crippen molar-refractivity contribution in [3.05, 3.63) is 23.3 Å². The molecule has 4 heteroatoms. The number of rotatable bonds is 11. The third-order valence-electron chi connectivity index (χ3n) is 4.37. The maximum atomic E-state index is 12.9. The number of aryl methyl sites for hydroxylation is 2. The molecule has 0 heterocycles. The van der Waals surface area contributed by atoms with E-state index < -0.39 is 5.60 Å². The Morgan fingerprint density at radius 2 is 1.72 bits per heavy atom. The highest BCUT2D eigenvalue weighted by Gasteiger charge is 2.33. The summed E-state index contributed by atoms with van der Waals surface area (Å²) in [6, 6.07) is 3.92. The second-order valence-corrected chi connectivity index (χ2v) is 6.86. The molecule has 0 aliphatic carbocycles. The van der Waals surface area contributed by atoms with E-state index in [1.165, 1.54) is 0 Å². The van der Waals surface area contributed by atoms with Crippen molar-refractivity contribution in [2.75, 3.05) is 18.5 Å². The second kappa shape index (κ2) is 10.4. The largest absolute Gasteiger partial charge is 0.493 e. The normalized spacial score (nSPS) is 13.4. The Bertz CT molecular complexity index is 533.